The molecule has 2 rings (SSSR count). The molecule has 0 spiro atoms. The van der Waals surface area contributed by atoms with E-state index >= 15 is 0 Å². The van der Waals surface area contributed by atoms with Crippen LogP contribution in [0.4, 0.5) is 0 Å². The number of nitrogens with one attached hydrogen (secondary N) is 1. The highest BCUT2D eigenvalue weighted by Crippen LogP contribution is 2.16. The minimum Gasteiger partial charge on any atom is -0.370 e. The smallest absolute Gasteiger partial charge is 0.228 e. The van der Waals surface area contributed by atoms with Gasteiger partial charge in [-0.1, -0.05) is 24.4 Å². The highest BCUT2D eigenvalue weighted by molar-refractivity contribution is 5.78. The summed E-state index contributed by atoms with van der Waals surface area (Å²) in [5, 5.41) is 6.79. The minimum absolute atomic E-state index is 0.496. The Balaban J connectivity index is 1.69. The van der Waals surface area contributed by atoms with Gasteiger partial charge in [0.15, 0.2) is 12.3 Å². The molecular formula is C11H19N5O. The zero-order valence-electron chi connectivity index (χ0n) is 9.93. The molecule has 0 aromatic carbocycles. The maximum Gasteiger partial charge on any atom is 0.228 e. The summed E-state index contributed by atoms with van der Waals surface area (Å²) in [6.07, 6.45) is 8.32. The predicted octanol–water partition coefficient (Wildman–Crippen LogP) is 0.849. The number of hydrogen-bond acceptors (Lipinski definition) is 4. The lowest BCUT2D eigenvalue weighted by Gasteiger charge is -2.23. The van der Waals surface area contributed by atoms with Crippen LogP contribution in [0.1, 0.15) is 38.0 Å². The van der Waals surface area contributed by atoms with Crippen molar-refractivity contribution in [1.82, 2.24) is 15.5 Å². The lowest BCUT2D eigenvalue weighted by molar-refractivity contribution is 0.378. The van der Waals surface area contributed by atoms with Gasteiger partial charge in [0.05, 0.1) is 6.54 Å². The van der Waals surface area contributed by atoms with Crippen LogP contribution in [0.15, 0.2) is 15.8 Å². The van der Waals surface area contributed by atoms with Crippen molar-refractivity contribution in [1.29, 1.82) is 0 Å². The minimum atomic E-state index is 0.496. The van der Waals surface area contributed by atoms with Crippen LogP contribution >= 0.6 is 0 Å². The van der Waals surface area contributed by atoms with E-state index in [1.165, 1.54) is 38.4 Å². The fourth-order valence-electron chi connectivity index (χ4n) is 2.08. The van der Waals surface area contributed by atoms with Crippen LogP contribution in [0.3, 0.4) is 0 Å². The molecule has 0 aliphatic heterocycles. The molecule has 17 heavy (non-hydrogen) atoms. The van der Waals surface area contributed by atoms with Crippen molar-refractivity contribution in [2.45, 2.75) is 44.6 Å². The van der Waals surface area contributed by atoms with Crippen molar-refractivity contribution < 1.29 is 4.52 Å². The Morgan fingerprint density at radius 3 is 3.00 bits per heavy atom. The molecule has 1 aliphatic carbocycles. The molecule has 6 heteroatoms. The van der Waals surface area contributed by atoms with E-state index in [2.05, 4.69) is 20.4 Å². The quantitative estimate of drug-likeness (QED) is 0.598. The molecule has 0 amide bonds. The second-order valence-corrected chi connectivity index (χ2v) is 4.33. The summed E-state index contributed by atoms with van der Waals surface area (Å²) < 4.78 is 4.87. The number of guanidine groups is 1. The zero-order chi connectivity index (χ0) is 11.9. The molecule has 0 saturated heterocycles. The third-order valence-electron chi connectivity index (χ3n) is 2.97. The van der Waals surface area contributed by atoms with Crippen molar-refractivity contribution in [3.05, 3.63) is 12.2 Å². The van der Waals surface area contributed by atoms with Crippen LogP contribution < -0.4 is 11.1 Å². The average Bonchev–Trinajstić information content (AvgIpc) is 2.83. The first kappa shape index (κ1) is 11.9. The first-order valence-corrected chi connectivity index (χ1v) is 6.16. The van der Waals surface area contributed by atoms with E-state index in [0.717, 1.165) is 0 Å². The SMILES string of the molecule is NC(=NCCc1ncno1)NC1CCCCC1. The van der Waals surface area contributed by atoms with Crippen LogP contribution in [0.5, 0.6) is 0 Å². The number of aliphatic imine (C=N–C) groups is 1. The van der Waals surface area contributed by atoms with Gasteiger partial charge in [-0.2, -0.15) is 4.98 Å². The van der Waals surface area contributed by atoms with Gasteiger partial charge in [0, 0.05) is 12.5 Å². The number of nitrogens with two attached hydrogens (primary N) is 1. The van der Waals surface area contributed by atoms with Gasteiger partial charge in [0.1, 0.15) is 0 Å². The van der Waals surface area contributed by atoms with Gasteiger partial charge in [0.2, 0.25) is 5.89 Å². The predicted molar refractivity (Wildman–Crippen MR) is 64.5 cm³/mol. The molecule has 1 saturated carbocycles. The van der Waals surface area contributed by atoms with Gasteiger partial charge in [-0.25, -0.2) is 0 Å². The lowest BCUT2D eigenvalue weighted by atomic mass is 9.96. The molecule has 94 valence electrons. The van der Waals surface area contributed by atoms with E-state index in [0.29, 0.717) is 30.9 Å². The third-order valence-corrected chi connectivity index (χ3v) is 2.97. The van der Waals surface area contributed by atoms with Crippen molar-refractivity contribution >= 4 is 5.96 Å². The largest absolute Gasteiger partial charge is 0.370 e. The zero-order valence-corrected chi connectivity index (χ0v) is 9.93. The molecule has 1 aliphatic rings. The molecule has 6 nitrogen and oxygen atoms in total. The van der Waals surface area contributed by atoms with Crippen molar-refractivity contribution in [3.63, 3.8) is 0 Å². The fourth-order valence-corrected chi connectivity index (χ4v) is 2.08. The highest BCUT2D eigenvalue weighted by Gasteiger charge is 2.13. The van der Waals surface area contributed by atoms with E-state index in [9.17, 15) is 0 Å². The molecule has 1 fully saturated rings. The molecule has 0 atom stereocenters. The summed E-state index contributed by atoms with van der Waals surface area (Å²) in [6.45, 7) is 0.577. The Kier molecular flexibility index (Phi) is 4.35. The number of aromatic nitrogens is 2. The average molecular weight is 237 g/mol. The van der Waals surface area contributed by atoms with Crippen LogP contribution in [0.2, 0.25) is 0 Å². The summed E-state index contributed by atoms with van der Waals surface area (Å²) in [5.41, 5.74) is 5.82. The summed E-state index contributed by atoms with van der Waals surface area (Å²) in [7, 11) is 0. The fraction of sp³-hybridized carbons (Fsp3) is 0.727. The Morgan fingerprint density at radius 2 is 2.29 bits per heavy atom. The van der Waals surface area contributed by atoms with Gasteiger partial charge in [-0.15, -0.1) is 0 Å². The normalized spacial score (nSPS) is 18.2. The van der Waals surface area contributed by atoms with Crippen LogP contribution in [0.25, 0.3) is 0 Å². The standard InChI is InChI=1S/C11H19N5O/c12-11(16-9-4-2-1-3-5-9)13-7-6-10-14-8-15-17-10/h8-9H,1-7H2,(H3,12,13,16). The molecule has 1 aromatic rings. The highest BCUT2D eigenvalue weighted by atomic mass is 16.5. The van der Waals surface area contributed by atoms with E-state index in [1.807, 2.05) is 0 Å². The second-order valence-electron chi connectivity index (χ2n) is 4.33. The van der Waals surface area contributed by atoms with Gasteiger partial charge < -0.3 is 15.6 Å². The molecule has 3 N–H and O–H groups in total. The monoisotopic (exact) mass is 237 g/mol. The van der Waals surface area contributed by atoms with E-state index in [1.54, 1.807) is 0 Å². The van der Waals surface area contributed by atoms with Gasteiger partial charge in [-0.3, -0.25) is 4.99 Å². The van der Waals surface area contributed by atoms with E-state index in [4.69, 9.17) is 10.3 Å². The third kappa shape index (κ3) is 4.05. The number of rotatable bonds is 4. The summed E-state index contributed by atoms with van der Waals surface area (Å²) in [4.78, 5) is 8.17. The van der Waals surface area contributed by atoms with Crippen molar-refractivity contribution in [2.75, 3.05) is 6.54 Å². The van der Waals surface area contributed by atoms with Gasteiger partial charge >= 0.3 is 0 Å². The Morgan fingerprint density at radius 1 is 1.47 bits per heavy atom. The van der Waals surface area contributed by atoms with Gasteiger partial charge in [-0.05, 0) is 12.8 Å². The maximum absolute atomic E-state index is 5.82. The van der Waals surface area contributed by atoms with Crippen molar-refractivity contribution in [3.8, 4) is 0 Å². The lowest BCUT2D eigenvalue weighted by Crippen LogP contribution is -2.41. The Labute approximate surface area is 101 Å². The van der Waals surface area contributed by atoms with Crippen LogP contribution in [-0.2, 0) is 6.42 Å². The molecule has 1 heterocycles. The maximum atomic E-state index is 5.82. The Bertz CT molecular complexity index is 343. The number of hydrogen-bond donors (Lipinski definition) is 2. The number of nitrogens with zero attached hydrogens (tertiary/aromatic N) is 3. The summed E-state index contributed by atoms with van der Waals surface area (Å²) in [6, 6.07) is 0.496. The molecule has 0 unspecified atom stereocenters. The topological polar surface area (TPSA) is 89.3 Å². The molecule has 0 radical (unpaired) electrons. The van der Waals surface area contributed by atoms with Crippen LogP contribution in [-0.4, -0.2) is 28.7 Å². The van der Waals surface area contributed by atoms with Gasteiger partial charge in [0.25, 0.3) is 0 Å². The molecular weight excluding hydrogens is 218 g/mol. The molecule has 1 aromatic heterocycles. The van der Waals surface area contributed by atoms with Crippen molar-refractivity contribution in [2.24, 2.45) is 10.7 Å². The Hall–Kier alpha value is -1.59. The molecule has 0 bridgehead atoms. The first-order valence-electron chi connectivity index (χ1n) is 6.16. The summed E-state index contributed by atoms with van der Waals surface area (Å²) in [5.74, 6) is 1.12. The van der Waals surface area contributed by atoms with E-state index in [-0.39, 0.29) is 0 Å². The second kappa shape index (κ2) is 6.22. The van der Waals surface area contributed by atoms with E-state index < -0.39 is 0 Å². The van der Waals surface area contributed by atoms with Crippen LogP contribution in [0, 0.1) is 0 Å². The summed E-state index contributed by atoms with van der Waals surface area (Å²) >= 11 is 0. The first-order chi connectivity index (χ1) is 8.34.